The monoisotopic (exact) mass is 464 g/mol. The first kappa shape index (κ1) is 24.1. The lowest BCUT2D eigenvalue weighted by Crippen LogP contribution is -2.28. The van der Waals surface area contributed by atoms with Crippen molar-refractivity contribution in [3.8, 4) is 11.5 Å². The third kappa shape index (κ3) is 4.93. The lowest BCUT2D eigenvalue weighted by atomic mass is 10.1. The van der Waals surface area contributed by atoms with E-state index in [0.717, 1.165) is 0 Å². The van der Waals surface area contributed by atoms with Gasteiger partial charge in [0.2, 0.25) is 0 Å². The van der Waals surface area contributed by atoms with E-state index in [9.17, 15) is 14.4 Å². The van der Waals surface area contributed by atoms with Gasteiger partial charge in [0.25, 0.3) is 5.91 Å². The Kier molecular flexibility index (Phi) is 7.71. The van der Waals surface area contributed by atoms with Crippen LogP contribution in [0, 0.1) is 0 Å². The van der Waals surface area contributed by atoms with Crippen LogP contribution in [0.5, 0.6) is 11.5 Å². The molecule has 2 aromatic carbocycles. The maximum Gasteiger partial charge on any atom is 0.355 e. The van der Waals surface area contributed by atoms with Gasteiger partial charge in [0.1, 0.15) is 5.70 Å². The van der Waals surface area contributed by atoms with Crippen LogP contribution in [0.2, 0.25) is 0 Å². The summed E-state index contributed by atoms with van der Waals surface area (Å²) in [7, 11) is 5.44. The zero-order valence-corrected chi connectivity index (χ0v) is 19.2. The van der Waals surface area contributed by atoms with Gasteiger partial charge in [-0.05, 0) is 36.4 Å². The average Bonchev–Trinajstić information content (AvgIpc) is 3.10. The predicted molar refractivity (Wildman–Crippen MR) is 126 cm³/mol. The number of amides is 1. The molecule has 1 aliphatic heterocycles. The molecule has 1 N–H and O–H groups in total. The molecule has 1 aliphatic rings. The molecule has 3 rings (SSSR count). The van der Waals surface area contributed by atoms with E-state index in [4.69, 9.17) is 18.9 Å². The molecule has 2 aromatic rings. The minimum Gasteiger partial charge on any atom is -0.493 e. The van der Waals surface area contributed by atoms with Crippen LogP contribution in [0.4, 0.5) is 11.4 Å². The summed E-state index contributed by atoms with van der Waals surface area (Å²) in [4.78, 5) is 39.8. The first-order valence-corrected chi connectivity index (χ1v) is 10.1. The van der Waals surface area contributed by atoms with Crippen molar-refractivity contribution in [3.63, 3.8) is 0 Å². The number of carbonyl (C=O) groups excluding carboxylic acids is 3. The number of nitrogens with one attached hydrogen (secondary N) is 1. The number of ether oxygens (including phenoxy) is 4. The van der Waals surface area contributed by atoms with E-state index in [2.05, 4.69) is 5.32 Å². The highest BCUT2D eigenvalue weighted by molar-refractivity contribution is 6.11. The largest absolute Gasteiger partial charge is 0.493 e. The van der Waals surface area contributed by atoms with Gasteiger partial charge in [-0.15, -0.1) is 0 Å². The third-order valence-electron chi connectivity index (χ3n) is 4.94. The SMILES string of the molecule is COC(=O)C1=C(C(=O)OC)N(c2ccccc2C(=O)Nc2ccc(OC)c(OC)c2)C=CC=C1. The molecule has 9 nitrogen and oxygen atoms in total. The van der Waals surface area contributed by atoms with Gasteiger partial charge in [-0.1, -0.05) is 18.2 Å². The van der Waals surface area contributed by atoms with Crippen LogP contribution in [0.25, 0.3) is 0 Å². The van der Waals surface area contributed by atoms with Gasteiger partial charge >= 0.3 is 11.9 Å². The lowest BCUT2D eigenvalue weighted by molar-refractivity contribution is -0.139. The Morgan fingerprint density at radius 2 is 1.53 bits per heavy atom. The number of methoxy groups -OCH3 is 4. The second-order valence-electron chi connectivity index (χ2n) is 6.86. The number of hydrogen-bond donors (Lipinski definition) is 1. The molecular formula is C25H24N2O7. The summed E-state index contributed by atoms with van der Waals surface area (Å²) in [6.07, 6.45) is 6.21. The van der Waals surface area contributed by atoms with Gasteiger partial charge in [0, 0.05) is 18.0 Å². The van der Waals surface area contributed by atoms with Gasteiger partial charge in [0.05, 0.1) is 45.3 Å². The summed E-state index contributed by atoms with van der Waals surface area (Å²) < 4.78 is 20.3. The second-order valence-corrected chi connectivity index (χ2v) is 6.86. The standard InChI is InChI=1S/C25H24N2O7/c1-31-20-13-12-16(15-21(20)32-2)26-23(28)17-9-5-6-11-19(17)27-14-8-7-10-18(24(29)33-3)22(27)25(30)34-4/h5-15H,1-4H3,(H,26,28). The Balaban J connectivity index is 2.06. The number of benzene rings is 2. The number of rotatable bonds is 7. The van der Waals surface area contributed by atoms with Crippen molar-refractivity contribution in [2.45, 2.75) is 0 Å². The van der Waals surface area contributed by atoms with Crippen LogP contribution in [-0.4, -0.2) is 46.3 Å². The molecule has 0 atom stereocenters. The van der Waals surface area contributed by atoms with Crippen LogP contribution in [0.1, 0.15) is 10.4 Å². The fourth-order valence-electron chi connectivity index (χ4n) is 3.34. The van der Waals surface area contributed by atoms with Crippen LogP contribution in [-0.2, 0) is 19.1 Å². The summed E-state index contributed by atoms with van der Waals surface area (Å²) in [5.41, 5.74) is 0.960. The Morgan fingerprint density at radius 1 is 0.824 bits per heavy atom. The summed E-state index contributed by atoms with van der Waals surface area (Å²) in [5, 5.41) is 2.82. The number of carbonyl (C=O) groups is 3. The summed E-state index contributed by atoms with van der Waals surface area (Å²) in [6, 6.07) is 11.6. The van der Waals surface area contributed by atoms with Crippen molar-refractivity contribution >= 4 is 29.2 Å². The Labute approximate surface area is 196 Å². The highest BCUT2D eigenvalue weighted by Gasteiger charge is 2.29. The summed E-state index contributed by atoms with van der Waals surface area (Å²) >= 11 is 0. The zero-order valence-electron chi connectivity index (χ0n) is 19.2. The minimum atomic E-state index is -0.772. The molecule has 0 saturated heterocycles. The van der Waals surface area contributed by atoms with E-state index in [1.54, 1.807) is 60.8 Å². The van der Waals surface area contributed by atoms with Crippen LogP contribution >= 0.6 is 0 Å². The molecule has 176 valence electrons. The van der Waals surface area contributed by atoms with Crippen molar-refractivity contribution < 1.29 is 33.3 Å². The quantitative estimate of drug-likeness (QED) is 0.622. The van der Waals surface area contributed by atoms with Crippen molar-refractivity contribution in [1.82, 2.24) is 0 Å². The van der Waals surface area contributed by atoms with Gasteiger partial charge in [-0.25, -0.2) is 9.59 Å². The van der Waals surface area contributed by atoms with E-state index < -0.39 is 17.8 Å². The number of hydrogen-bond acceptors (Lipinski definition) is 8. The van der Waals surface area contributed by atoms with Gasteiger partial charge in [-0.2, -0.15) is 0 Å². The first-order chi connectivity index (χ1) is 16.4. The maximum absolute atomic E-state index is 13.3. The molecule has 0 aliphatic carbocycles. The molecule has 0 unspecified atom stereocenters. The molecule has 0 saturated carbocycles. The van der Waals surface area contributed by atoms with Crippen LogP contribution in [0.15, 0.2) is 78.2 Å². The molecule has 9 heteroatoms. The molecule has 0 fully saturated rings. The second kappa shape index (κ2) is 10.9. The highest BCUT2D eigenvalue weighted by Crippen LogP contribution is 2.32. The van der Waals surface area contributed by atoms with Crippen molar-refractivity contribution in [1.29, 1.82) is 0 Å². The number of allylic oxidation sites excluding steroid dienone is 2. The fourth-order valence-corrected chi connectivity index (χ4v) is 3.34. The van der Waals surface area contributed by atoms with E-state index in [1.807, 2.05) is 0 Å². The molecule has 0 radical (unpaired) electrons. The molecule has 0 aromatic heterocycles. The van der Waals surface area contributed by atoms with Gasteiger partial charge < -0.3 is 29.2 Å². The fraction of sp³-hybridized carbons (Fsp3) is 0.160. The first-order valence-electron chi connectivity index (χ1n) is 10.1. The van der Waals surface area contributed by atoms with Crippen LogP contribution < -0.4 is 19.7 Å². The smallest absolute Gasteiger partial charge is 0.355 e. The lowest BCUT2D eigenvalue weighted by Gasteiger charge is -2.25. The molecule has 0 bridgehead atoms. The molecule has 34 heavy (non-hydrogen) atoms. The molecule has 1 heterocycles. The van der Waals surface area contributed by atoms with Crippen LogP contribution in [0.3, 0.4) is 0 Å². The van der Waals surface area contributed by atoms with Gasteiger partial charge in [0.15, 0.2) is 11.5 Å². The van der Waals surface area contributed by atoms with E-state index in [1.165, 1.54) is 39.4 Å². The van der Waals surface area contributed by atoms with Crippen molar-refractivity contribution in [2.75, 3.05) is 38.7 Å². The van der Waals surface area contributed by atoms with E-state index in [0.29, 0.717) is 22.9 Å². The predicted octanol–water partition coefficient (Wildman–Crippen LogP) is 3.45. The normalized spacial score (nSPS) is 12.6. The van der Waals surface area contributed by atoms with Crippen molar-refractivity contribution in [3.05, 3.63) is 83.7 Å². The molecular weight excluding hydrogens is 440 g/mol. The summed E-state index contributed by atoms with van der Waals surface area (Å²) in [6.45, 7) is 0. The van der Waals surface area contributed by atoms with Gasteiger partial charge in [-0.3, -0.25) is 4.79 Å². The Morgan fingerprint density at radius 3 is 2.21 bits per heavy atom. The number of anilines is 2. The minimum absolute atomic E-state index is 0.0190. The zero-order chi connectivity index (χ0) is 24.7. The number of para-hydroxylation sites is 1. The van der Waals surface area contributed by atoms with E-state index >= 15 is 0 Å². The average molecular weight is 464 g/mol. The topological polar surface area (TPSA) is 103 Å². The molecule has 1 amide bonds. The third-order valence-corrected chi connectivity index (χ3v) is 4.94. The Hall–Kier alpha value is -4.53. The molecule has 0 spiro atoms. The number of nitrogens with zero attached hydrogens (tertiary/aromatic N) is 1. The maximum atomic E-state index is 13.3. The van der Waals surface area contributed by atoms with E-state index in [-0.39, 0.29) is 16.8 Å². The van der Waals surface area contributed by atoms with Crippen molar-refractivity contribution in [2.24, 2.45) is 0 Å². The summed E-state index contributed by atoms with van der Waals surface area (Å²) in [5.74, 6) is -0.971. The Bertz CT molecular complexity index is 1200. The number of esters is 2. The highest BCUT2D eigenvalue weighted by atomic mass is 16.5.